The number of nitrogens with zero attached hydrogens (tertiary/aromatic N) is 4. The number of carbonyl (C=O) groups is 5. The first-order valence-corrected chi connectivity index (χ1v) is 17.6. The van der Waals surface area contributed by atoms with Crippen molar-refractivity contribution in [3.63, 3.8) is 0 Å². The second-order valence-corrected chi connectivity index (χ2v) is 13.2. The van der Waals surface area contributed by atoms with Crippen LogP contribution in [0.25, 0.3) is 10.9 Å². The zero-order valence-corrected chi connectivity index (χ0v) is 29.6. The third-order valence-corrected chi connectivity index (χ3v) is 9.26. The van der Waals surface area contributed by atoms with Crippen molar-refractivity contribution in [2.45, 2.75) is 44.5 Å². The highest BCUT2D eigenvalue weighted by Crippen LogP contribution is 2.33. The topological polar surface area (TPSA) is 217 Å². The van der Waals surface area contributed by atoms with Crippen molar-refractivity contribution in [3.05, 3.63) is 72.1 Å². The van der Waals surface area contributed by atoms with Gasteiger partial charge in [0, 0.05) is 42.9 Å². The number of ether oxygens (including phenoxy) is 3. The van der Waals surface area contributed by atoms with E-state index in [0.29, 0.717) is 23.9 Å². The maximum absolute atomic E-state index is 15.0. The van der Waals surface area contributed by atoms with Gasteiger partial charge in [-0.1, -0.05) is 12.1 Å². The number of aromatic nitrogens is 2. The Hall–Kier alpha value is -5.65. The predicted octanol–water partition coefficient (Wildman–Crippen LogP) is 2.16. The van der Waals surface area contributed by atoms with Crippen LogP contribution in [0.15, 0.2) is 65.9 Å². The molecular formula is C37H41FN8O8. The summed E-state index contributed by atoms with van der Waals surface area (Å²) < 4.78 is 31.7. The summed E-state index contributed by atoms with van der Waals surface area (Å²) in [5, 5.41) is 9.33. The van der Waals surface area contributed by atoms with Gasteiger partial charge in [0.25, 0.3) is 11.8 Å². The van der Waals surface area contributed by atoms with E-state index in [2.05, 4.69) is 30.9 Å². The van der Waals surface area contributed by atoms with E-state index in [1.165, 1.54) is 6.07 Å². The van der Waals surface area contributed by atoms with Crippen LogP contribution >= 0.6 is 0 Å². The zero-order valence-electron chi connectivity index (χ0n) is 29.6. The average molecular weight is 745 g/mol. The van der Waals surface area contributed by atoms with Crippen LogP contribution in [0, 0.1) is 5.41 Å². The molecule has 0 bridgehead atoms. The number of carbonyl (C=O) groups excluding carboxylic acids is 5. The van der Waals surface area contributed by atoms with Crippen LogP contribution in [0.3, 0.4) is 0 Å². The summed E-state index contributed by atoms with van der Waals surface area (Å²) in [7, 11) is 0. The van der Waals surface area contributed by atoms with Gasteiger partial charge < -0.3 is 30.6 Å². The number of alkyl halides is 1. The van der Waals surface area contributed by atoms with Gasteiger partial charge in [-0.15, -0.1) is 0 Å². The van der Waals surface area contributed by atoms with E-state index >= 15 is 0 Å². The van der Waals surface area contributed by atoms with Gasteiger partial charge in [-0.05, 0) is 49.8 Å². The number of nitrogens with one attached hydrogen (secondary N) is 3. The summed E-state index contributed by atoms with van der Waals surface area (Å²) in [6.45, 7) is 2.68. The molecule has 3 aliphatic rings. The van der Waals surface area contributed by atoms with Crippen molar-refractivity contribution in [1.82, 2.24) is 20.2 Å². The van der Waals surface area contributed by atoms with E-state index in [-0.39, 0.29) is 76.1 Å². The first-order chi connectivity index (χ1) is 26.0. The number of fused-ring (bicyclic) bond motifs is 2. The Morgan fingerprint density at radius 2 is 1.91 bits per heavy atom. The Labute approximate surface area is 309 Å². The number of hydrogen-bond donors (Lipinski definition) is 4. The van der Waals surface area contributed by atoms with Crippen molar-refractivity contribution >= 4 is 57.8 Å². The summed E-state index contributed by atoms with van der Waals surface area (Å²) in [6, 6.07) is 9.25. The number of dihydropyridines is 1. The van der Waals surface area contributed by atoms with Gasteiger partial charge >= 0.3 is 0 Å². The molecule has 3 aliphatic heterocycles. The van der Waals surface area contributed by atoms with Crippen LogP contribution in [0.5, 0.6) is 0 Å². The first kappa shape index (κ1) is 38.1. The molecule has 1 aromatic carbocycles. The van der Waals surface area contributed by atoms with E-state index < -0.39 is 47.2 Å². The molecule has 1 fully saturated rings. The number of benzene rings is 1. The van der Waals surface area contributed by atoms with Crippen LogP contribution in [0.4, 0.5) is 15.9 Å². The standard InChI is InChI=1S/C37H41FN8O8/c1-22(18-41-27-4-2-3-25-32(27)35(50)46(34(25)49)28-6-8-31(47)45-33(28)48)54-16-15-52-13-14-53-20-24(38)17-37(36(39)51)11-9-29(42-21-37)44-30-7-5-23-19-40-12-10-26(23)43-30/h2-5,7,9-12,19,22,24,28,41H,6,8,13-18,20-21H2,1H3,(H2,39,51)(H,42,43,44)(H,45,47,48). The lowest BCUT2D eigenvalue weighted by Gasteiger charge is -2.29. The SMILES string of the molecule is CC(CNc1cccc2c1C(=O)N(C1CCC(=O)NC1=O)C2=O)OCCOCCOCC(F)CC1(C(N)=O)C=CC(Nc2ccc3cnccc3n2)=NC1. The van der Waals surface area contributed by atoms with Gasteiger partial charge in [0.1, 0.15) is 23.9 Å². The molecule has 5 N–H and O–H groups in total. The molecule has 54 heavy (non-hydrogen) atoms. The summed E-state index contributed by atoms with van der Waals surface area (Å²) in [5.41, 5.74) is 5.93. The smallest absolute Gasteiger partial charge is 0.264 e. The summed E-state index contributed by atoms with van der Waals surface area (Å²) in [4.78, 5) is 76.6. The molecule has 4 unspecified atom stereocenters. The van der Waals surface area contributed by atoms with E-state index in [1.54, 1.807) is 48.8 Å². The van der Waals surface area contributed by atoms with Gasteiger partial charge in [-0.3, -0.25) is 44.2 Å². The number of primary amides is 1. The van der Waals surface area contributed by atoms with E-state index in [4.69, 9.17) is 19.9 Å². The Bertz CT molecular complexity index is 1990. The number of halogens is 1. The van der Waals surface area contributed by atoms with Gasteiger partial charge in [-0.2, -0.15) is 0 Å². The average Bonchev–Trinajstić information content (AvgIpc) is 3.41. The molecule has 0 radical (unpaired) electrons. The molecule has 1 saturated heterocycles. The summed E-state index contributed by atoms with van der Waals surface area (Å²) in [6.07, 6.45) is 4.69. The molecule has 0 spiro atoms. The highest BCUT2D eigenvalue weighted by molar-refractivity contribution is 6.25. The monoisotopic (exact) mass is 744 g/mol. The normalized spacial score (nSPS) is 20.7. The Morgan fingerprint density at radius 1 is 1.09 bits per heavy atom. The molecule has 5 amide bonds. The zero-order chi connectivity index (χ0) is 38.2. The van der Waals surface area contributed by atoms with Crippen LogP contribution in [0.2, 0.25) is 0 Å². The molecule has 0 aliphatic carbocycles. The fourth-order valence-electron chi connectivity index (χ4n) is 6.38. The van der Waals surface area contributed by atoms with Crippen molar-refractivity contribution < 1.29 is 42.6 Å². The number of aliphatic imine (C=N–C) groups is 1. The van der Waals surface area contributed by atoms with Crippen LogP contribution in [-0.2, 0) is 28.6 Å². The van der Waals surface area contributed by atoms with E-state index in [0.717, 1.165) is 15.8 Å². The number of rotatable bonds is 17. The molecule has 6 rings (SSSR count). The molecule has 284 valence electrons. The van der Waals surface area contributed by atoms with Gasteiger partial charge in [0.05, 0.1) is 67.7 Å². The van der Waals surface area contributed by atoms with Crippen LogP contribution < -0.4 is 21.7 Å². The number of anilines is 2. The second kappa shape index (κ2) is 17.0. The Kier molecular flexibility index (Phi) is 12.0. The number of imide groups is 2. The predicted molar refractivity (Wildman–Crippen MR) is 194 cm³/mol. The van der Waals surface area contributed by atoms with E-state index in [9.17, 15) is 28.4 Å². The lowest BCUT2D eigenvalue weighted by atomic mass is 9.80. The third-order valence-electron chi connectivity index (χ3n) is 9.26. The molecule has 16 nitrogen and oxygen atoms in total. The minimum Gasteiger partial charge on any atom is -0.382 e. The highest BCUT2D eigenvalue weighted by Gasteiger charge is 2.45. The summed E-state index contributed by atoms with van der Waals surface area (Å²) >= 11 is 0. The van der Waals surface area contributed by atoms with Crippen molar-refractivity contribution in [2.75, 3.05) is 56.8 Å². The molecule has 17 heteroatoms. The Balaban J connectivity index is 0.859. The second-order valence-electron chi connectivity index (χ2n) is 13.2. The lowest BCUT2D eigenvalue weighted by molar-refractivity contribution is -0.136. The molecule has 0 saturated carbocycles. The fourth-order valence-corrected chi connectivity index (χ4v) is 6.38. The maximum Gasteiger partial charge on any atom is 0.264 e. The van der Waals surface area contributed by atoms with Crippen LogP contribution in [0.1, 0.15) is 46.9 Å². The molecular weight excluding hydrogens is 703 g/mol. The number of hydrogen-bond acceptors (Lipinski definition) is 13. The third kappa shape index (κ3) is 8.75. The number of amides is 5. The fraction of sp³-hybridized carbons (Fsp3) is 0.405. The minimum absolute atomic E-state index is 0.0232. The number of piperidine rings is 1. The maximum atomic E-state index is 15.0. The Morgan fingerprint density at radius 3 is 2.69 bits per heavy atom. The molecule has 2 aromatic heterocycles. The molecule has 5 heterocycles. The lowest BCUT2D eigenvalue weighted by Crippen LogP contribution is -2.54. The van der Waals surface area contributed by atoms with Gasteiger partial charge in [0.15, 0.2) is 0 Å². The number of pyridine rings is 2. The highest BCUT2D eigenvalue weighted by atomic mass is 19.1. The van der Waals surface area contributed by atoms with E-state index in [1.807, 2.05) is 13.0 Å². The van der Waals surface area contributed by atoms with Crippen molar-refractivity contribution in [3.8, 4) is 0 Å². The van der Waals surface area contributed by atoms with Gasteiger partial charge in [0.2, 0.25) is 17.7 Å². The first-order valence-electron chi connectivity index (χ1n) is 17.6. The number of nitrogens with two attached hydrogens (primary N) is 1. The summed E-state index contributed by atoms with van der Waals surface area (Å²) in [5.74, 6) is -1.93. The quantitative estimate of drug-likeness (QED) is 0.116. The molecule has 4 atom stereocenters. The minimum atomic E-state index is -1.47. The van der Waals surface area contributed by atoms with Crippen molar-refractivity contribution in [1.29, 1.82) is 0 Å². The molecule has 3 aromatic rings. The van der Waals surface area contributed by atoms with Gasteiger partial charge in [-0.25, -0.2) is 9.37 Å². The van der Waals surface area contributed by atoms with Crippen LogP contribution in [-0.4, -0.2) is 115 Å². The number of amidine groups is 1. The largest absolute Gasteiger partial charge is 0.382 e. The van der Waals surface area contributed by atoms with Crippen molar-refractivity contribution in [2.24, 2.45) is 16.1 Å².